The van der Waals surface area contributed by atoms with Crippen molar-refractivity contribution in [2.75, 3.05) is 31.7 Å². The molecular formula is C22H23FN4O4S. The van der Waals surface area contributed by atoms with Crippen molar-refractivity contribution < 1.29 is 18.8 Å². The summed E-state index contributed by atoms with van der Waals surface area (Å²) < 4.78 is 21.3. The third kappa shape index (κ3) is 4.56. The highest BCUT2D eigenvalue weighted by Gasteiger charge is 2.23. The summed E-state index contributed by atoms with van der Waals surface area (Å²) >= 11 is 1.19. The summed E-state index contributed by atoms with van der Waals surface area (Å²) in [4.78, 5) is 30.8. The van der Waals surface area contributed by atoms with Crippen LogP contribution >= 0.6 is 11.3 Å². The smallest absolute Gasteiger partial charge is 0.293 e. The van der Waals surface area contributed by atoms with Crippen LogP contribution in [0.2, 0.25) is 0 Å². The fraction of sp³-hybridized carbons (Fsp3) is 0.364. The van der Waals surface area contributed by atoms with Crippen molar-refractivity contribution in [1.29, 1.82) is 0 Å². The maximum absolute atomic E-state index is 13.7. The van der Waals surface area contributed by atoms with Crippen LogP contribution in [0.5, 0.6) is 0 Å². The number of carbonyl (C=O) groups is 1. The molecular weight excluding hydrogens is 435 g/mol. The molecule has 0 atom stereocenters. The normalized spacial score (nSPS) is 14.8. The van der Waals surface area contributed by atoms with E-state index in [0.29, 0.717) is 28.3 Å². The van der Waals surface area contributed by atoms with Gasteiger partial charge in [0.15, 0.2) is 4.80 Å². The Labute approximate surface area is 187 Å². The molecule has 2 aromatic carbocycles. The zero-order valence-electron chi connectivity index (χ0n) is 17.6. The number of benzene rings is 2. The first-order valence-electron chi connectivity index (χ1n) is 10.4. The van der Waals surface area contributed by atoms with Gasteiger partial charge >= 0.3 is 0 Å². The number of amides is 1. The van der Waals surface area contributed by atoms with E-state index in [2.05, 4.69) is 4.99 Å². The Morgan fingerprint density at radius 1 is 1.22 bits per heavy atom. The molecule has 1 fully saturated rings. The van der Waals surface area contributed by atoms with Gasteiger partial charge in [-0.3, -0.25) is 14.9 Å². The third-order valence-electron chi connectivity index (χ3n) is 5.48. The van der Waals surface area contributed by atoms with Gasteiger partial charge in [-0.1, -0.05) is 11.3 Å². The summed E-state index contributed by atoms with van der Waals surface area (Å²) in [6, 6.07) is 8.89. The molecule has 1 aliphatic heterocycles. The lowest BCUT2D eigenvalue weighted by atomic mass is 10.1. The maximum atomic E-state index is 13.7. The Bertz CT molecular complexity index is 1230. The molecule has 0 radical (unpaired) electrons. The fourth-order valence-corrected chi connectivity index (χ4v) is 4.97. The number of methoxy groups -OCH3 is 1. The van der Waals surface area contributed by atoms with Gasteiger partial charge in [-0.05, 0) is 49.6 Å². The molecule has 1 amide bonds. The second-order valence-electron chi connectivity index (χ2n) is 7.57. The second kappa shape index (κ2) is 9.58. The van der Waals surface area contributed by atoms with E-state index in [1.807, 2.05) is 4.90 Å². The Balaban J connectivity index is 1.73. The minimum Gasteiger partial charge on any atom is -0.383 e. The number of hydrogen-bond acceptors (Lipinski definition) is 6. The van der Waals surface area contributed by atoms with E-state index in [1.165, 1.54) is 29.5 Å². The number of carbonyl (C=O) groups excluding carboxylic acids is 1. The van der Waals surface area contributed by atoms with Gasteiger partial charge in [-0.2, -0.15) is 4.99 Å². The van der Waals surface area contributed by atoms with E-state index < -0.39 is 10.8 Å². The average molecular weight is 459 g/mol. The lowest BCUT2D eigenvalue weighted by molar-refractivity contribution is -0.384. The first-order valence-corrected chi connectivity index (χ1v) is 11.2. The molecule has 0 spiro atoms. The van der Waals surface area contributed by atoms with E-state index in [0.717, 1.165) is 37.9 Å². The van der Waals surface area contributed by atoms with Crippen LogP contribution in [0.25, 0.3) is 10.2 Å². The Morgan fingerprint density at radius 2 is 2.00 bits per heavy atom. The number of aromatic nitrogens is 1. The molecule has 0 saturated carbocycles. The Morgan fingerprint density at radius 3 is 2.72 bits per heavy atom. The summed E-state index contributed by atoms with van der Waals surface area (Å²) in [5, 5.41) is 11.7. The lowest BCUT2D eigenvalue weighted by Gasteiger charge is -2.28. The van der Waals surface area contributed by atoms with Gasteiger partial charge < -0.3 is 14.2 Å². The number of nitro groups is 1. The predicted molar refractivity (Wildman–Crippen MR) is 121 cm³/mol. The topological polar surface area (TPSA) is 90.0 Å². The van der Waals surface area contributed by atoms with Crippen LogP contribution in [0.15, 0.2) is 41.4 Å². The molecule has 0 bridgehead atoms. The molecule has 32 heavy (non-hydrogen) atoms. The number of ether oxygens (including phenoxy) is 1. The third-order valence-corrected chi connectivity index (χ3v) is 6.52. The molecule has 10 heteroatoms. The zero-order valence-corrected chi connectivity index (χ0v) is 18.4. The number of anilines is 1. The van der Waals surface area contributed by atoms with Gasteiger partial charge in [0.05, 0.1) is 21.7 Å². The van der Waals surface area contributed by atoms with Crippen molar-refractivity contribution in [1.82, 2.24) is 4.57 Å². The number of piperidine rings is 1. The highest BCUT2D eigenvalue weighted by atomic mass is 32.1. The molecule has 3 aromatic rings. The molecule has 1 saturated heterocycles. The van der Waals surface area contributed by atoms with Gasteiger partial charge in [0, 0.05) is 38.4 Å². The Kier molecular flexibility index (Phi) is 6.61. The minimum absolute atomic E-state index is 0.0985. The number of nitrogens with zero attached hydrogens (tertiary/aromatic N) is 4. The van der Waals surface area contributed by atoms with Crippen LogP contribution < -0.4 is 9.70 Å². The number of nitro benzene ring substituents is 1. The van der Waals surface area contributed by atoms with Crippen LogP contribution in [0.3, 0.4) is 0 Å². The molecule has 8 nitrogen and oxygen atoms in total. The highest BCUT2D eigenvalue weighted by Crippen LogP contribution is 2.31. The van der Waals surface area contributed by atoms with Crippen LogP contribution in [-0.2, 0) is 11.3 Å². The molecule has 1 aromatic heterocycles. The molecule has 0 unspecified atom stereocenters. The van der Waals surface area contributed by atoms with Gasteiger partial charge in [0.1, 0.15) is 11.5 Å². The van der Waals surface area contributed by atoms with Gasteiger partial charge in [-0.25, -0.2) is 4.39 Å². The van der Waals surface area contributed by atoms with E-state index in [-0.39, 0.29) is 17.1 Å². The summed E-state index contributed by atoms with van der Waals surface area (Å²) in [5.74, 6) is -0.962. The monoisotopic (exact) mass is 458 g/mol. The van der Waals surface area contributed by atoms with Crippen molar-refractivity contribution in [3.8, 4) is 0 Å². The first-order chi connectivity index (χ1) is 15.5. The van der Waals surface area contributed by atoms with Crippen LogP contribution in [-0.4, -0.2) is 42.2 Å². The number of fused-ring (bicyclic) bond motifs is 1. The summed E-state index contributed by atoms with van der Waals surface area (Å²) in [6.07, 6.45) is 3.09. The highest BCUT2D eigenvalue weighted by molar-refractivity contribution is 7.16. The van der Waals surface area contributed by atoms with Crippen LogP contribution in [0.4, 0.5) is 15.8 Å². The van der Waals surface area contributed by atoms with E-state index >= 15 is 0 Å². The fourth-order valence-electron chi connectivity index (χ4n) is 3.89. The van der Waals surface area contributed by atoms with Gasteiger partial charge in [0.25, 0.3) is 11.6 Å². The zero-order chi connectivity index (χ0) is 22.7. The van der Waals surface area contributed by atoms with Gasteiger partial charge in [0.2, 0.25) is 0 Å². The SMILES string of the molecule is COCCn1c(=NC(=O)c2ccc(N3CCCCC3)c([N+](=O)[O-])c2)sc2cc(F)ccc21. The molecule has 0 aliphatic carbocycles. The minimum atomic E-state index is -0.587. The number of thiazole rings is 1. The first kappa shape index (κ1) is 22.1. The summed E-state index contributed by atoms with van der Waals surface area (Å²) in [5.41, 5.74) is 1.31. The largest absolute Gasteiger partial charge is 0.383 e. The van der Waals surface area contributed by atoms with Crippen molar-refractivity contribution in [2.24, 2.45) is 4.99 Å². The summed E-state index contributed by atoms with van der Waals surface area (Å²) in [7, 11) is 1.57. The van der Waals surface area contributed by atoms with Crippen LogP contribution in [0, 0.1) is 15.9 Å². The maximum Gasteiger partial charge on any atom is 0.293 e. The molecule has 168 valence electrons. The standard InChI is InChI=1S/C22H23FN4O4S/c1-31-12-11-26-18-8-6-16(23)14-20(18)32-22(26)24-21(28)15-5-7-17(19(13-15)27(29)30)25-9-3-2-4-10-25/h5-8,13-14H,2-4,9-12H2,1H3. The molecule has 2 heterocycles. The second-order valence-corrected chi connectivity index (χ2v) is 8.58. The van der Waals surface area contributed by atoms with Crippen molar-refractivity contribution in [2.45, 2.75) is 25.8 Å². The lowest BCUT2D eigenvalue weighted by Crippen LogP contribution is -2.30. The van der Waals surface area contributed by atoms with Crippen molar-refractivity contribution >= 4 is 38.8 Å². The van der Waals surface area contributed by atoms with Crippen molar-refractivity contribution in [3.05, 3.63) is 62.7 Å². The quantitative estimate of drug-likeness (QED) is 0.409. The number of rotatable bonds is 6. The number of hydrogen-bond donors (Lipinski definition) is 0. The molecule has 0 N–H and O–H groups in total. The average Bonchev–Trinajstić information content (AvgIpc) is 3.13. The van der Waals surface area contributed by atoms with Crippen molar-refractivity contribution in [3.63, 3.8) is 0 Å². The Hall–Kier alpha value is -3.11. The summed E-state index contributed by atoms with van der Waals surface area (Å²) in [6.45, 7) is 2.34. The van der Waals surface area contributed by atoms with E-state index in [1.54, 1.807) is 29.9 Å². The molecule has 1 aliphatic rings. The van der Waals surface area contributed by atoms with E-state index in [4.69, 9.17) is 4.74 Å². The number of halogens is 1. The predicted octanol–water partition coefficient (Wildman–Crippen LogP) is 4.13. The van der Waals surface area contributed by atoms with Crippen LogP contribution in [0.1, 0.15) is 29.6 Å². The van der Waals surface area contributed by atoms with E-state index in [9.17, 15) is 19.3 Å². The molecule has 4 rings (SSSR count). The van der Waals surface area contributed by atoms with Gasteiger partial charge in [-0.15, -0.1) is 0 Å².